The predicted octanol–water partition coefficient (Wildman–Crippen LogP) is 1.53. The Kier molecular flexibility index (Phi) is 6.86. The van der Waals surface area contributed by atoms with Crippen molar-refractivity contribution in [1.82, 2.24) is 5.32 Å². The Bertz CT molecular complexity index is 469. The number of carboxylic acids is 1. The number of carboxylic acid groups (broad SMARTS) is 1. The molecule has 0 fully saturated rings. The molecule has 5 nitrogen and oxygen atoms in total. The minimum Gasteiger partial charge on any atom is -0.484 e. The number of amides is 1. The van der Waals surface area contributed by atoms with Gasteiger partial charge in [-0.1, -0.05) is 6.07 Å². The van der Waals surface area contributed by atoms with E-state index in [1.807, 2.05) is 6.26 Å². The van der Waals surface area contributed by atoms with Crippen molar-refractivity contribution in [3.05, 3.63) is 30.1 Å². The van der Waals surface area contributed by atoms with Crippen molar-refractivity contribution in [2.45, 2.75) is 12.5 Å². The van der Waals surface area contributed by atoms with Gasteiger partial charge in [0.1, 0.15) is 17.6 Å². The van der Waals surface area contributed by atoms with Gasteiger partial charge in [0, 0.05) is 6.07 Å². The van der Waals surface area contributed by atoms with Crippen molar-refractivity contribution >= 4 is 23.6 Å². The van der Waals surface area contributed by atoms with Crippen molar-refractivity contribution in [2.24, 2.45) is 0 Å². The maximum atomic E-state index is 12.9. The number of aliphatic carboxylic acids is 1. The van der Waals surface area contributed by atoms with Gasteiger partial charge in [-0.2, -0.15) is 11.8 Å². The second kappa shape index (κ2) is 8.42. The molecule has 0 radical (unpaired) electrons. The van der Waals surface area contributed by atoms with Crippen LogP contribution in [0.15, 0.2) is 24.3 Å². The molecule has 1 atom stereocenters. The lowest BCUT2D eigenvalue weighted by atomic mass is 10.2. The van der Waals surface area contributed by atoms with Gasteiger partial charge in [-0.25, -0.2) is 9.18 Å². The van der Waals surface area contributed by atoms with E-state index < -0.39 is 23.7 Å². The lowest BCUT2D eigenvalue weighted by Gasteiger charge is -2.14. The van der Waals surface area contributed by atoms with Crippen LogP contribution in [0.5, 0.6) is 5.75 Å². The van der Waals surface area contributed by atoms with Crippen LogP contribution in [0.1, 0.15) is 6.42 Å². The van der Waals surface area contributed by atoms with Gasteiger partial charge in [0.15, 0.2) is 6.61 Å². The molecular weight excluding hydrogens is 285 g/mol. The summed E-state index contributed by atoms with van der Waals surface area (Å²) in [6.45, 7) is -0.355. The van der Waals surface area contributed by atoms with Crippen LogP contribution >= 0.6 is 11.8 Å². The summed E-state index contributed by atoms with van der Waals surface area (Å²) in [4.78, 5) is 22.5. The molecule has 2 N–H and O–H groups in total. The van der Waals surface area contributed by atoms with E-state index in [4.69, 9.17) is 9.84 Å². The zero-order chi connectivity index (χ0) is 15.0. The van der Waals surface area contributed by atoms with E-state index in [2.05, 4.69) is 5.32 Å². The van der Waals surface area contributed by atoms with Gasteiger partial charge >= 0.3 is 5.97 Å². The molecular formula is C13H16FNO4S. The Morgan fingerprint density at radius 3 is 2.85 bits per heavy atom. The molecule has 1 aromatic carbocycles. The van der Waals surface area contributed by atoms with Gasteiger partial charge in [0.05, 0.1) is 0 Å². The van der Waals surface area contributed by atoms with Crippen LogP contribution in [0, 0.1) is 5.82 Å². The number of nitrogens with one attached hydrogen (secondary N) is 1. The molecule has 0 aliphatic carbocycles. The van der Waals surface area contributed by atoms with E-state index in [1.54, 1.807) is 0 Å². The molecule has 1 rings (SSSR count). The molecule has 0 saturated carbocycles. The highest BCUT2D eigenvalue weighted by Gasteiger charge is 2.19. The highest BCUT2D eigenvalue weighted by atomic mass is 32.2. The number of halogens is 1. The third kappa shape index (κ3) is 5.92. The Labute approximate surface area is 120 Å². The largest absolute Gasteiger partial charge is 0.484 e. The van der Waals surface area contributed by atoms with Gasteiger partial charge in [-0.3, -0.25) is 4.79 Å². The summed E-state index contributed by atoms with van der Waals surface area (Å²) >= 11 is 1.50. The van der Waals surface area contributed by atoms with E-state index in [9.17, 15) is 14.0 Å². The zero-order valence-corrected chi connectivity index (χ0v) is 11.8. The van der Waals surface area contributed by atoms with Gasteiger partial charge in [-0.15, -0.1) is 0 Å². The molecule has 0 aliphatic heterocycles. The van der Waals surface area contributed by atoms with Gasteiger partial charge in [-0.05, 0) is 30.6 Å². The number of carbonyl (C=O) groups is 2. The molecule has 0 heterocycles. The number of thioether (sulfide) groups is 1. The first kappa shape index (κ1) is 16.3. The van der Waals surface area contributed by atoms with Crippen LogP contribution < -0.4 is 10.1 Å². The van der Waals surface area contributed by atoms with Crippen molar-refractivity contribution in [1.29, 1.82) is 0 Å². The summed E-state index contributed by atoms with van der Waals surface area (Å²) in [6, 6.07) is 4.44. The number of rotatable bonds is 8. The van der Waals surface area contributed by atoms with Gasteiger partial charge in [0.2, 0.25) is 0 Å². The lowest BCUT2D eigenvalue weighted by molar-refractivity contribution is -0.142. The maximum Gasteiger partial charge on any atom is 0.326 e. The molecule has 0 bridgehead atoms. The number of hydrogen-bond acceptors (Lipinski definition) is 4. The first-order chi connectivity index (χ1) is 9.52. The highest BCUT2D eigenvalue weighted by molar-refractivity contribution is 7.98. The molecule has 1 amide bonds. The molecule has 0 aromatic heterocycles. The van der Waals surface area contributed by atoms with Crippen LogP contribution in [0.4, 0.5) is 4.39 Å². The molecule has 20 heavy (non-hydrogen) atoms. The number of carbonyl (C=O) groups excluding carboxylic acids is 1. The van der Waals surface area contributed by atoms with Gasteiger partial charge in [0.25, 0.3) is 5.91 Å². The smallest absolute Gasteiger partial charge is 0.326 e. The quantitative estimate of drug-likeness (QED) is 0.761. The fourth-order valence-electron chi connectivity index (χ4n) is 1.43. The van der Waals surface area contributed by atoms with E-state index in [0.717, 1.165) is 6.07 Å². The molecule has 0 aliphatic rings. The fraction of sp³-hybridized carbons (Fsp3) is 0.385. The topological polar surface area (TPSA) is 75.6 Å². The zero-order valence-electron chi connectivity index (χ0n) is 11.0. The summed E-state index contributed by atoms with van der Waals surface area (Å²) in [7, 11) is 0. The maximum absolute atomic E-state index is 12.9. The van der Waals surface area contributed by atoms with Crippen LogP contribution in [0.2, 0.25) is 0 Å². The molecule has 110 valence electrons. The molecule has 7 heteroatoms. The summed E-state index contributed by atoms with van der Waals surface area (Å²) in [5.74, 6) is -1.26. The molecule has 1 aromatic rings. The molecule has 0 saturated heterocycles. The van der Waals surface area contributed by atoms with Crippen LogP contribution in [-0.2, 0) is 9.59 Å². The van der Waals surface area contributed by atoms with E-state index in [1.165, 1.54) is 30.0 Å². The van der Waals surface area contributed by atoms with Crippen LogP contribution in [-0.4, -0.2) is 41.6 Å². The SMILES string of the molecule is CSCC[C@@H](NC(=O)COc1cccc(F)c1)C(=O)O. The van der Waals surface area contributed by atoms with Crippen molar-refractivity contribution in [3.8, 4) is 5.75 Å². The summed E-state index contributed by atoms with van der Waals surface area (Å²) in [5.41, 5.74) is 0. The molecule has 0 unspecified atom stereocenters. The van der Waals surface area contributed by atoms with Crippen LogP contribution in [0.3, 0.4) is 0 Å². The highest BCUT2D eigenvalue weighted by Crippen LogP contribution is 2.11. The third-order valence-corrected chi connectivity index (χ3v) is 3.05. The predicted molar refractivity (Wildman–Crippen MR) is 74.5 cm³/mol. The number of benzene rings is 1. The Hall–Kier alpha value is -1.76. The average molecular weight is 301 g/mol. The minimum atomic E-state index is -1.09. The standard InChI is InChI=1S/C13H16FNO4S/c1-20-6-5-11(13(17)18)15-12(16)8-19-10-4-2-3-9(14)7-10/h2-4,7,11H,5-6,8H2,1H3,(H,15,16)(H,17,18)/t11-/m1/s1. The van der Waals surface area contributed by atoms with Crippen molar-refractivity contribution in [2.75, 3.05) is 18.6 Å². The first-order valence-corrected chi connectivity index (χ1v) is 7.31. The van der Waals surface area contributed by atoms with Crippen molar-refractivity contribution in [3.63, 3.8) is 0 Å². The number of hydrogen-bond donors (Lipinski definition) is 2. The van der Waals surface area contributed by atoms with Crippen molar-refractivity contribution < 1.29 is 23.8 Å². The summed E-state index contributed by atoms with van der Waals surface area (Å²) in [6.07, 6.45) is 2.19. The molecule has 0 spiro atoms. The first-order valence-electron chi connectivity index (χ1n) is 5.92. The second-order valence-electron chi connectivity index (χ2n) is 3.99. The van der Waals surface area contributed by atoms with E-state index >= 15 is 0 Å². The average Bonchev–Trinajstić information content (AvgIpc) is 2.41. The monoisotopic (exact) mass is 301 g/mol. The normalized spacial score (nSPS) is 11.7. The summed E-state index contributed by atoms with van der Waals surface area (Å²) in [5, 5.41) is 11.3. The fourth-order valence-corrected chi connectivity index (χ4v) is 1.91. The number of ether oxygens (including phenoxy) is 1. The summed E-state index contributed by atoms with van der Waals surface area (Å²) < 4.78 is 18.0. The van der Waals surface area contributed by atoms with E-state index in [0.29, 0.717) is 12.2 Å². The van der Waals surface area contributed by atoms with E-state index in [-0.39, 0.29) is 12.4 Å². The lowest BCUT2D eigenvalue weighted by Crippen LogP contribution is -2.43. The Balaban J connectivity index is 2.43. The van der Waals surface area contributed by atoms with Crippen LogP contribution in [0.25, 0.3) is 0 Å². The Morgan fingerprint density at radius 1 is 1.50 bits per heavy atom. The van der Waals surface area contributed by atoms with Gasteiger partial charge < -0.3 is 15.2 Å². The minimum absolute atomic E-state index is 0.219. The Morgan fingerprint density at radius 2 is 2.25 bits per heavy atom. The third-order valence-electron chi connectivity index (χ3n) is 2.41. The second-order valence-corrected chi connectivity index (χ2v) is 4.97.